The van der Waals surface area contributed by atoms with Crippen LogP contribution in [0, 0.1) is 5.92 Å². The molecule has 0 radical (unpaired) electrons. The van der Waals surface area contributed by atoms with Crippen LogP contribution in [0.2, 0.25) is 6.04 Å². The molecule has 1 aromatic rings. The van der Waals surface area contributed by atoms with Crippen LogP contribution in [0.25, 0.3) is 0 Å². The molecular weight excluding hydrogens is 352 g/mol. The van der Waals surface area contributed by atoms with Crippen molar-refractivity contribution in [1.82, 2.24) is 0 Å². The molecule has 7 nitrogen and oxygen atoms in total. The Morgan fingerprint density at radius 2 is 1.54 bits per heavy atom. The normalized spacial score (nSPS) is 12.4. The van der Waals surface area contributed by atoms with Crippen LogP contribution in [-0.4, -0.2) is 44.5 Å². The third kappa shape index (κ3) is 5.38. The molecule has 0 spiro atoms. The van der Waals surface area contributed by atoms with Crippen LogP contribution in [0.5, 0.6) is 0 Å². The Hall–Kier alpha value is -1.26. The van der Waals surface area contributed by atoms with Crippen LogP contribution >= 0.6 is 0 Å². The summed E-state index contributed by atoms with van der Waals surface area (Å²) < 4.78 is 44.6. The van der Waals surface area contributed by atoms with Gasteiger partial charge in [-0.1, -0.05) is 26.0 Å². The fraction of sp³-hybridized carbons (Fsp3) is 0.533. The molecule has 9 heteroatoms. The number of carbonyl (C=O) groups is 1. The van der Waals surface area contributed by atoms with Gasteiger partial charge in [0.05, 0.1) is 5.92 Å². The van der Waals surface area contributed by atoms with E-state index in [1.54, 1.807) is 26.0 Å². The standard InChI is InChI=1S/C15H24O7SSi/c1-12(2)15(16)22-23(17,18)14-8-6-13(7-9-14)10-11-24(19-3,20-4)21-5/h6-9,12H,10-11H2,1-5H3. The van der Waals surface area contributed by atoms with Gasteiger partial charge in [0.25, 0.3) is 0 Å². The summed E-state index contributed by atoms with van der Waals surface area (Å²) in [6, 6.07) is 6.71. The van der Waals surface area contributed by atoms with E-state index in [9.17, 15) is 13.2 Å². The first-order valence-electron chi connectivity index (χ1n) is 7.42. The lowest BCUT2D eigenvalue weighted by atomic mass is 10.2. The maximum absolute atomic E-state index is 12.0. The van der Waals surface area contributed by atoms with Crippen LogP contribution in [0.4, 0.5) is 0 Å². The van der Waals surface area contributed by atoms with Crippen molar-refractivity contribution in [3.05, 3.63) is 29.8 Å². The van der Waals surface area contributed by atoms with Crippen LogP contribution in [0.3, 0.4) is 0 Å². The molecule has 0 heterocycles. The summed E-state index contributed by atoms with van der Waals surface area (Å²) in [7, 11) is -2.15. The van der Waals surface area contributed by atoms with Crippen LogP contribution in [-0.2, 0) is 38.8 Å². The van der Waals surface area contributed by atoms with E-state index >= 15 is 0 Å². The molecule has 0 atom stereocenters. The third-order valence-electron chi connectivity index (χ3n) is 3.53. The predicted octanol–water partition coefficient (Wildman–Crippen LogP) is 2.00. The van der Waals surface area contributed by atoms with E-state index in [1.807, 2.05) is 0 Å². The topological polar surface area (TPSA) is 88.1 Å². The van der Waals surface area contributed by atoms with Crippen LogP contribution in [0.15, 0.2) is 29.2 Å². The van der Waals surface area contributed by atoms with E-state index in [2.05, 4.69) is 4.18 Å². The van der Waals surface area contributed by atoms with Gasteiger partial charge in [0.15, 0.2) is 0 Å². The first-order chi connectivity index (χ1) is 11.2. The zero-order valence-corrected chi connectivity index (χ0v) is 16.4. The highest BCUT2D eigenvalue weighted by Crippen LogP contribution is 2.19. The number of benzene rings is 1. The van der Waals surface area contributed by atoms with Gasteiger partial charge < -0.3 is 17.5 Å². The summed E-state index contributed by atoms with van der Waals surface area (Å²) in [6.07, 6.45) is 0.605. The molecule has 1 aromatic carbocycles. The van der Waals surface area contributed by atoms with Crippen molar-refractivity contribution >= 4 is 24.9 Å². The zero-order chi connectivity index (χ0) is 18.4. The van der Waals surface area contributed by atoms with Crippen molar-refractivity contribution in [2.45, 2.75) is 31.2 Å². The molecule has 0 aromatic heterocycles. The lowest BCUT2D eigenvalue weighted by molar-refractivity contribution is -0.137. The molecule has 0 bridgehead atoms. The summed E-state index contributed by atoms with van der Waals surface area (Å²) in [5.41, 5.74) is 0.896. The fourth-order valence-corrected chi connectivity index (χ4v) is 4.61. The van der Waals surface area contributed by atoms with E-state index < -0.39 is 30.8 Å². The van der Waals surface area contributed by atoms with Gasteiger partial charge >= 0.3 is 24.9 Å². The molecule has 1 rings (SSSR count). The Balaban J connectivity index is 2.81. The molecule has 0 aliphatic heterocycles. The molecule has 136 valence electrons. The van der Waals surface area contributed by atoms with E-state index in [0.717, 1.165) is 5.56 Å². The molecule has 24 heavy (non-hydrogen) atoms. The molecule has 0 N–H and O–H groups in total. The van der Waals surface area contributed by atoms with Gasteiger partial charge in [-0.15, -0.1) is 0 Å². The van der Waals surface area contributed by atoms with E-state index in [4.69, 9.17) is 13.3 Å². The van der Waals surface area contributed by atoms with Gasteiger partial charge in [0, 0.05) is 27.4 Å². The van der Waals surface area contributed by atoms with Crippen molar-refractivity contribution in [3.63, 3.8) is 0 Å². The maximum Gasteiger partial charge on any atom is 0.500 e. The summed E-state index contributed by atoms with van der Waals surface area (Å²) in [4.78, 5) is 11.4. The van der Waals surface area contributed by atoms with Crippen molar-refractivity contribution in [3.8, 4) is 0 Å². The van der Waals surface area contributed by atoms with Gasteiger partial charge in [-0.05, 0) is 24.1 Å². The molecule has 0 amide bonds. The number of rotatable bonds is 9. The Bertz CT molecular complexity index is 628. The van der Waals surface area contributed by atoms with Crippen LogP contribution in [0.1, 0.15) is 19.4 Å². The molecule has 0 aliphatic rings. The highest BCUT2D eigenvalue weighted by molar-refractivity contribution is 7.87. The first kappa shape index (κ1) is 20.8. The van der Waals surface area contributed by atoms with E-state index in [1.165, 1.54) is 33.5 Å². The lowest BCUT2D eigenvalue weighted by Crippen LogP contribution is -2.43. The minimum atomic E-state index is -4.09. The Morgan fingerprint density at radius 3 is 1.96 bits per heavy atom. The van der Waals surface area contributed by atoms with Crippen molar-refractivity contribution in [2.24, 2.45) is 5.92 Å². The summed E-state index contributed by atoms with van der Waals surface area (Å²) in [5, 5.41) is 0. The summed E-state index contributed by atoms with van der Waals surface area (Å²) >= 11 is 0. The highest BCUT2D eigenvalue weighted by atomic mass is 32.2. The summed E-state index contributed by atoms with van der Waals surface area (Å²) in [6.45, 7) is 3.14. The molecule has 0 saturated carbocycles. The Morgan fingerprint density at radius 1 is 1.04 bits per heavy atom. The van der Waals surface area contributed by atoms with E-state index in [0.29, 0.717) is 12.5 Å². The van der Waals surface area contributed by atoms with Gasteiger partial charge in [0.2, 0.25) is 0 Å². The number of hydrogen-bond acceptors (Lipinski definition) is 7. The molecule has 0 fully saturated rings. The Kier molecular flexibility index (Phi) is 7.55. The molecule has 0 aliphatic carbocycles. The van der Waals surface area contributed by atoms with Gasteiger partial charge in [-0.2, -0.15) is 8.42 Å². The average molecular weight is 377 g/mol. The molecule has 0 saturated heterocycles. The lowest BCUT2D eigenvalue weighted by Gasteiger charge is -2.24. The second-order valence-electron chi connectivity index (χ2n) is 5.45. The van der Waals surface area contributed by atoms with E-state index in [-0.39, 0.29) is 4.90 Å². The maximum atomic E-state index is 12.0. The first-order valence-corrected chi connectivity index (χ1v) is 10.8. The minimum absolute atomic E-state index is 0.0611. The zero-order valence-electron chi connectivity index (χ0n) is 14.6. The largest absolute Gasteiger partial charge is 0.500 e. The minimum Gasteiger partial charge on any atom is -0.377 e. The second kappa shape index (κ2) is 8.72. The highest BCUT2D eigenvalue weighted by Gasteiger charge is 2.37. The molecular formula is C15H24O7SSi. The van der Waals surface area contributed by atoms with Gasteiger partial charge in [-0.3, -0.25) is 4.79 Å². The quantitative estimate of drug-likeness (QED) is 0.481. The fourth-order valence-electron chi connectivity index (χ4n) is 1.93. The average Bonchev–Trinajstić information content (AvgIpc) is 2.56. The summed E-state index contributed by atoms with van der Waals surface area (Å²) in [5.74, 6) is -1.30. The SMILES string of the molecule is CO[Si](CCc1ccc(S(=O)(=O)OC(=O)C(C)C)cc1)(OC)OC. The van der Waals surface area contributed by atoms with Crippen molar-refractivity contribution in [2.75, 3.05) is 21.3 Å². The second-order valence-corrected chi connectivity index (χ2v) is 10.1. The monoisotopic (exact) mass is 376 g/mol. The Labute approximate surface area is 144 Å². The van der Waals surface area contributed by atoms with Gasteiger partial charge in [-0.25, -0.2) is 0 Å². The van der Waals surface area contributed by atoms with Crippen molar-refractivity contribution < 1.29 is 30.7 Å². The van der Waals surface area contributed by atoms with Crippen LogP contribution < -0.4 is 0 Å². The smallest absolute Gasteiger partial charge is 0.377 e. The number of carbonyl (C=O) groups excluding carboxylic acids is 1. The number of hydrogen-bond donors (Lipinski definition) is 0. The molecule has 0 unspecified atom stereocenters. The van der Waals surface area contributed by atoms with Crippen molar-refractivity contribution in [1.29, 1.82) is 0 Å². The van der Waals surface area contributed by atoms with Gasteiger partial charge in [0.1, 0.15) is 4.90 Å². The predicted molar refractivity (Wildman–Crippen MR) is 89.8 cm³/mol. The number of aryl methyl sites for hydroxylation is 1. The third-order valence-corrected chi connectivity index (χ3v) is 7.49.